The first-order valence-corrected chi connectivity index (χ1v) is 47.3. The fourth-order valence-corrected chi connectivity index (χ4v) is 13.6. The van der Waals surface area contributed by atoms with Crippen molar-refractivity contribution in [3.63, 3.8) is 0 Å². The van der Waals surface area contributed by atoms with Crippen molar-refractivity contribution in [2.75, 3.05) is 31.6 Å². The van der Waals surface area contributed by atoms with E-state index < -0.39 is 24.4 Å². The van der Waals surface area contributed by atoms with Gasteiger partial charge in [0, 0.05) is 113 Å². The van der Waals surface area contributed by atoms with Crippen LogP contribution in [-0.4, -0.2) is 108 Å². The van der Waals surface area contributed by atoms with Crippen LogP contribution in [0.3, 0.4) is 0 Å². The molecule has 1 aliphatic heterocycles. The minimum Gasteiger partial charge on any atom is -1.00 e. The van der Waals surface area contributed by atoms with E-state index in [1.54, 1.807) is 0 Å². The minimum atomic E-state index is -0.730. The third kappa shape index (κ3) is 50.0. The van der Waals surface area contributed by atoms with Crippen LogP contribution in [0.2, 0.25) is 0 Å². The first-order valence-electron chi connectivity index (χ1n) is 46.2. The molecule has 0 spiro atoms. The van der Waals surface area contributed by atoms with Gasteiger partial charge in [0.1, 0.15) is 103 Å². The number of hydrogen-bond acceptors (Lipinski definition) is 22. The third-order valence-corrected chi connectivity index (χ3v) is 22.6. The van der Waals surface area contributed by atoms with Crippen LogP contribution in [0.25, 0.3) is 0 Å². The van der Waals surface area contributed by atoms with Crippen LogP contribution in [0.4, 0.5) is 0 Å². The number of halogens is 1. The van der Waals surface area contributed by atoms with Gasteiger partial charge in [-0.3, -0.25) is 9.69 Å². The maximum Gasteiger partial charge on any atom is 1.00 e. The Kier molecular flexibility index (Phi) is 63.4. The number of benzene rings is 13. The zero-order valence-corrected chi connectivity index (χ0v) is 91.7. The van der Waals surface area contributed by atoms with Crippen molar-refractivity contribution >= 4 is 22.4 Å². The molecule has 742 valence electrons. The smallest absolute Gasteiger partial charge is 1.00 e. The van der Waals surface area contributed by atoms with E-state index in [1.165, 1.54) is 53.9 Å². The van der Waals surface area contributed by atoms with Crippen molar-refractivity contribution in [1.82, 2.24) is 20.9 Å². The molecule has 11 N–H and O–H groups in total. The summed E-state index contributed by atoms with van der Waals surface area (Å²) in [6.07, 6.45) is 1.57. The largest absolute Gasteiger partial charge is 1.00 e. The van der Waals surface area contributed by atoms with Gasteiger partial charge in [-0.2, -0.15) is 0 Å². The number of phenols is 4. The molecular weight excluding hydrogens is 1980 g/mol. The zero-order chi connectivity index (χ0) is 97.4. The molecule has 13 aromatic rings. The molecule has 1 fully saturated rings. The van der Waals surface area contributed by atoms with Gasteiger partial charge in [-0.1, -0.05) is 286 Å². The number of aromatic hydroxyl groups is 4. The number of nitrogens with one attached hydrogen (secondary N) is 3. The molecule has 26 heteroatoms. The Hall–Kier alpha value is -8.65. The summed E-state index contributed by atoms with van der Waals surface area (Å²) in [5.41, 5.74) is 12.9. The summed E-state index contributed by atoms with van der Waals surface area (Å²) in [4.78, 5) is 13.6. The molecule has 0 aromatic heterocycles. The summed E-state index contributed by atoms with van der Waals surface area (Å²) in [7, 11) is 0. The average Bonchev–Trinajstić information content (AvgIpc) is 1.50. The van der Waals surface area contributed by atoms with Gasteiger partial charge >= 0.3 is 103 Å². The van der Waals surface area contributed by atoms with E-state index in [4.69, 9.17) is 43.2 Å². The van der Waals surface area contributed by atoms with Crippen LogP contribution >= 0.6 is 15.9 Å². The molecule has 0 saturated carbocycles. The topological polar surface area (TPSA) is 318 Å². The number of epoxide rings is 1. The number of alkyl halides is 1. The number of carbonyl (C=O) groups excluding carboxylic acids is 1. The fraction of sp³-hybridized carbons (Fsp3) is 0.298. The second-order valence-electron chi connectivity index (χ2n) is 32.9. The van der Waals surface area contributed by atoms with Crippen LogP contribution in [0.15, 0.2) is 334 Å². The van der Waals surface area contributed by atoms with Gasteiger partial charge in [0.15, 0.2) is 0 Å². The second kappa shape index (κ2) is 71.7. The number of aliphatic hydroxyl groups is 4. The summed E-state index contributed by atoms with van der Waals surface area (Å²) in [6.45, 7) is 23.6. The molecule has 1 saturated heterocycles. The molecule has 22 nitrogen and oxygen atoms in total. The standard InChI is InChI=1S/C33H37NO3.C22H21BrO3.C22H20O3.2C12H19NO3.C11H17N.CH2O3.CH3.2K.Pd.H/c1-3-26(2)34(22-27-13-7-4-8-14-27)23-33(35)30-19-31(36-24-28-15-9-5-10-16-28)21-32(20-30)37-25-29-17-11-6-12-18-29;23-14-22(24)19-11-20(25-15-17-7-3-1-4-8-17)13-21(12-19)26-16-18-9-5-2-6-10-18;1-3-7-17(8-4-1)14-23-20-11-19(22-16-25-22)12-21(13-20)24-15-18-9-5-2-6-10-18;2*1-3-8(2)13-7-12(16)9-4-10(14)6-11(15)5-9;1-3-10(2)12-9-11-7-5-4-6-8-11;2-1-4-3;;;;;/h4-21,26,33,35H,3,22-25H2,1-2H3;1-13,22,24H,14-16H2;1-13,22H,14-16H2;2*4-6,8,12-16H,3,7H2,1-2H3;4-8,10,12H,3,9H2,1-2H3;1,3H;1H3;;;;/q;;;;;;;-1;2*+1;;-1/p-1. The Balaban J connectivity index is 0.000000443. The average molecular weight is 2120 g/mol. The molecule has 13 aromatic carbocycles. The Morgan fingerprint density at radius 1 is 0.379 bits per heavy atom. The number of carbonyl (C=O) groups is 1. The summed E-state index contributed by atoms with van der Waals surface area (Å²) in [5.74, 6) is 4.15. The third-order valence-electron chi connectivity index (χ3n) is 22.0. The van der Waals surface area contributed by atoms with E-state index in [1.807, 2.05) is 238 Å². The summed E-state index contributed by atoms with van der Waals surface area (Å²) in [5, 5.41) is 97.0. The Morgan fingerprint density at radius 3 is 0.886 bits per heavy atom. The number of nitrogens with zero attached hydrogens (tertiary/aromatic N) is 1. The molecule has 0 aliphatic carbocycles. The van der Waals surface area contributed by atoms with Gasteiger partial charge in [0.2, 0.25) is 0 Å². The minimum absolute atomic E-state index is 0. The zero-order valence-electron chi connectivity index (χ0n) is 83.4. The van der Waals surface area contributed by atoms with E-state index in [0.717, 1.165) is 101 Å². The first-order chi connectivity index (χ1) is 66.0. The molecule has 9 atom stereocenters. The van der Waals surface area contributed by atoms with E-state index in [2.05, 4.69) is 156 Å². The predicted molar refractivity (Wildman–Crippen MR) is 546 cm³/mol. The quantitative estimate of drug-likeness (QED) is 0.00322. The van der Waals surface area contributed by atoms with Crippen LogP contribution in [0.1, 0.15) is 185 Å². The second-order valence-corrected chi connectivity index (χ2v) is 33.6. The van der Waals surface area contributed by atoms with Crippen LogP contribution in [0, 0.1) is 7.43 Å². The van der Waals surface area contributed by atoms with Gasteiger partial charge < -0.3 is 109 Å². The summed E-state index contributed by atoms with van der Waals surface area (Å²) >= 11 is 3.32. The van der Waals surface area contributed by atoms with Gasteiger partial charge in [0.25, 0.3) is 6.47 Å². The predicted octanol–water partition coefficient (Wildman–Crippen LogP) is 16.0. The maximum atomic E-state index is 11.4. The fourth-order valence-electron chi connectivity index (χ4n) is 13.2. The molecule has 140 heavy (non-hydrogen) atoms. The van der Waals surface area contributed by atoms with Crippen molar-refractivity contribution in [1.29, 1.82) is 0 Å². The molecule has 1 aliphatic rings. The van der Waals surface area contributed by atoms with Crippen molar-refractivity contribution in [2.24, 2.45) is 0 Å². The van der Waals surface area contributed by atoms with Crippen molar-refractivity contribution in [2.45, 2.75) is 188 Å². The molecule has 1 heterocycles. The van der Waals surface area contributed by atoms with Gasteiger partial charge in [-0.15, -0.1) is 0 Å². The van der Waals surface area contributed by atoms with Crippen molar-refractivity contribution in [3.05, 3.63) is 413 Å². The van der Waals surface area contributed by atoms with E-state index >= 15 is 0 Å². The number of ether oxygens (including phenoxy) is 7. The van der Waals surface area contributed by atoms with Gasteiger partial charge in [-0.05, 0) is 186 Å². The number of hydrogen-bond donors (Lipinski definition) is 11. The van der Waals surface area contributed by atoms with Crippen molar-refractivity contribution in [3.8, 4) is 57.5 Å². The molecule has 14 rings (SSSR count). The van der Waals surface area contributed by atoms with E-state index in [0.29, 0.717) is 123 Å². The van der Waals surface area contributed by atoms with Crippen LogP contribution < -0.4 is 152 Å². The van der Waals surface area contributed by atoms with Crippen molar-refractivity contribution < 1.29 is 214 Å². The Bertz CT molecular complexity index is 5140. The Labute approximate surface area is 937 Å². The summed E-state index contributed by atoms with van der Waals surface area (Å²) < 4.78 is 41.5. The molecule has 0 amide bonds. The number of aliphatic hydroxyl groups excluding tert-OH is 4. The normalized spacial score (nSPS) is 12.9. The van der Waals surface area contributed by atoms with E-state index in [9.17, 15) is 40.9 Å². The maximum absolute atomic E-state index is 11.4. The van der Waals surface area contributed by atoms with E-state index in [-0.39, 0.29) is 168 Å². The van der Waals surface area contributed by atoms with Crippen LogP contribution in [-0.2, 0) is 87.6 Å². The Morgan fingerprint density at radius 2 is 0.629 bits per heavy atom. The number of phenolic OH excluding ortho intramolecular Hbond substituents is 4. The molecular formula is C114H138BrK2N4O18Pd-. The monoisotopic (exact) mass is 2110 g/mol. The van der Waals surface area contributed by atoms with Crippen LogP contribution in [0.5, 0.6) is 57.5 Å². The molecule has 0 radical (unpaired) electrons. The van der Waals surface area contributed by atoms with Gasteiger partial charge in [0.05, 0.1) is 31.0 Å². The number of rotatable bonds is 43. The van der Waals surface area contributed by atoms with Gasteiger partial charge in [-0.25, -0.2) is 0 Å². The first kappa shape index (κ1) is 124. The molecule has 0 bridgehead atoms. The molecule has 9 unspecified atom stereocenters. The summed E-state index contributed by atoms with van der Waals surface area (Å²) in [6, 6.07) is 109. The SMILES string of the molecule is CCC(C)N(Cc1ccccc1)CC(O)c1cc(OCc2ccccc2)cc(OCc2ccccc2)c1.CCC(C)NCC(O)c1cc(O)cc(O)c1.CCC(C)NCC(O)c1cc(O)cc(O)c1.CCC(C)NCc1ccccc1.O=CO[O-].OC(CBr)c1cc(OCc2ccccc2)cc(OCc2ccccc2)c1.[CH3-].[H-].[K+].[K+].[Pd].c1ccc(COc2cc(OCc3ccccc3)cc(C3CO3)c2)cc1.